The van der Waals surface area contributed by atoms with E-state index in [9.17, 15) is 4.79 Å². The number of halogens is 1. The van der Waals surface area contributed by atoms with E-state index in [0.29, 0.717) is 10.8 Å². The molecule has 1 aromatic heterocycles. The van der Waals surface area contributed by atoms with Crippen LogP contribution in [-0.4, -0.2) is 10.9 Å². The largest absolute Gasteiger partial charge is 0.310 e. The fourth-order valence-electron chi connectivity index (χ4n) is 1.73. The molecule has 0 bridgehead atoms. The monoisotopic (exact) mass is 236 g/mol. The van der Waals surface area contributed by atoms with Crippen LogP contribution < -0.4 is 5.32 Å². The Morgan fingerprint density at radius 1 is 1.50 bits per heavy atom. The Balaban J connectivity index is 1.99. The molecule has 0 aromatic carbocycles. The molecule has 0 saturated carbocycles. The van der Waals surface area contributed by atoms with E-state index < -0.39 is 0 Å². The Labute approximate surface area is 99.5 Å². The third kappa shape index (κ3) is 2.83. The highest BCUT2D eigenvalue weighted by Crippen LogP contribution is 2.20. The molecule has 1 unspecified atom stereocenters. The van der Waals surface area contributed by atoms with E-state index in [1.165, 1.54) is 0 Å². The van der Waals surface area contributed by atoms with Crippen molar-refractivity contribution in [3.63, 3.8) is 0 Å². The molecule has 1 heterocycles. The fourth-order valence-corrected chi connectivity index (χ4v) is 1.89. The van der Waals surface area contributed by atoms with Gasteiger partial charge in [0.1, 0.15) is 5.82 Å². The van der Waals surface area contributed by atoms with Crippen LogP contribution in [0.25, 0.3) is 0 Å². The third-order valence-electron chi connectivity index (χ3n) is 2.61. The Kier molecular flexibility index (Phi) is 3.57. The minimum Gasteiger partial charge on any atom is -0.310 e. The summed E-state index contributed by atoms with van der Waals surface area (Å²) >= 11 is 5.81. The van der Waals surface area contributed by atoms with Gasteiger partial charge in [0.05, 0.1) is 0 Å². The molecule has 0 saturated heterocycles. The Morgan fingerprint density at radius 3 is 3.06 bits per heavy atom. The number of aromatic nitrogens is 1. The molecular weight excluding hydrogens is 224 g/mol. The van der Waals surface area contributed by atoms with Crippen LogP contribution in [0.4, 0.5) is 5.82 Å². The van der Waals surface area contributed by atoms with Crippen LogP contribution in [0.5, 0.6) is 0 Å². The van der Waals surface area contributed by atoms with Crippen LogP contribution in [0.3, 0.4) is 0 Å². The van der Waals surface area contributed by atoms with Crippen LogP contribution in [0.2, 0.25) is 5.02 Å². The summed E-state index contributed by atoms with van der Waals surface area (Å²) in [5.41, 5.74) is 0. The van der Waals surface area contributed by atoms with Gasteiger partial charge in [-0.2, -0.15) is 0 Å². The molecule has 84 valence electrons. The van der Waals surface area contributed by atoms with Gasteiger partial charge >= 0.3 is 0 Å². The van der Waals surface area contributed by atoms with Gasteiger partial charge in [-0.3, -0.25) is 4.79 Å². The number of nitrogens with zero attached hydrogens (tertiary/aromatic N) is 1. The van der Waals surface area contributed by atoms with Crippen molar-refractivity contribution in [3.8, 4) is 0 Å². The van der Waals surface area contributed by atoms with Crippen molar-refractivity contribution < 1.29 is 4.79 Å². The first-order chi connectivity index (χ1) is 7.75. The van der Waals surface area contributed by atoms with Gasteiger partial charge < -0.3 is 5.32 Å². The smallest absolute Gasteiger partial charge is 0.228 e. The van der Waals surface area contributed by atoms with E-state index in [4.69, 9.17) is 11.6 Å². The van der Waals surface area contributed by atoms with Gasteiger partial charge in [-0.1, -0.05) is 23.8 Å². The summed E-state index contributed by atoms with van der Waals surface area (Å²) in [5, 5.41) is 3.36. The zero-order valence-electron chi connectivity index (χ0n) is 8.82. The minimum absolute atomic E-state index is 0.0270. The maximum Gasteiger partial charge on any atom is 0.228 e. The first-order valence-electron chi connectivity index (χ1n) is 5.33. The van der Waals surface area contributed by atoms with E-state index in [0.717, 1.165) is 19.3 Å². The SMILES string of the molecule is O=C(Nc1cc(Cl)ccn1)C1CC=CCC1. The molecule has 1 aliphatic rings. The lowest BCUT2D eigenvalue weighted by atomic mass is 9.94. The van der Waals surface area contributed by atoms with Crippen molar-refractivity contribution >= 4 is 23.3 Å². The average Bonchev–Trinajstić information content (AvgIpc) is 2.30. The zero-order valence-corrected chi connectivity index (χ0v) is 9.57. The number of nitrogens with one attached hydrogen (secondary N) is 1. The van der Waals surface area contributed by atoms with Crippen molar-refractivity contribution in [2.45, 2.75) is 19.3 Å². The van der Waals surface area contributed by atoms with E-state index >= 15 is 0 Å². The summed E-state index contributed by atoms with van der Waals surface area (Å²) < 4.78 is 0. The molecule has 4 heteroatoms. The molecule has 1 atom stereocenters. The number of rotatable bonds is 2. The molecule has 1 aliphatic carbocycles. The normalized spacial score (nSPS) is 19.4. The highest BCUT2D eigenvalue weighted by atomic mass is 35.5. The number of hydrogen-bond acceptors (Lipinski definition) is 2. The average molecular weight is 237 g/mol. The molecule has 0 radical (unpaired) electrons. The van der Waals surface area contributed by atoms with Crippen molar-refractivity contribution in [3.05, 3.63) is 35.5 Å². The van der Waals surface area contributed by atoms with Crippen LogP contribution >= 0.6 is 11.6 Å². The lowest BCUT2D eigenvalue weighted by molar-refractivity contribution is -0.120. The second-order valence-corrected chi connectivity index (χ2v) is 4.27. The molecule has 2 rings (SSSR count). The summed E-state index contributed by atoms with van der Waals surface area (Å²) in [6.07, 6.45) is 8.44. The van der Waals surface area contributed by atoms with Crippen molar-refractivity contribution in [1.82, 2.24) is 4.98 Å². The van der Waals surface area contributed by atoms with Gasteiger partial charge in [0.15, 0.2) is 0 Å². The molecule has 0 spiro atoms. The van der Waals surface area contributed by atoms with Gasteiger partial charge in [0.25, 0.3) is 0 Å². The molecule has 1 aromatic rings. The summed E-state index contributed by atoms with van der Waals surface area (Å²) in [6.45, 7) is 0. The van der Waals surface area contributed by atoms with Crippen molar-refractivity contribution in [2.75, 3.05) is 5.32 Å². The molecule has 16 heavy (non-hydrogen) atoms. The maximum atomic E-state index is 11.9. The van der Waals surface area contributed by atoms with Crippen molar-refractivity contribution in [1.29, 1.82) is 0 Å². The highest BCUT2D eigenvalue weighted by Gasteiger charge is 2.18. The second kappa shape index (κ2) is 5.12. The van der Waals surface area contributed by atoms with E-state index in [-0.39, 0.29) is 11.8 Å². The van der Waals surface area contributed by atoms with Gasteiger partial charge in [-0.25, -0.2) is 4.98 Å². The molecule has 0 aliphatic heterocycles. The van der Waals surface area contributed by atoms with Gasteiger partial charge in [0, 0.05) is 17.1 Å². The van der Waals surface area contributed by atoms with Crippen LogP contribution in [0, 0.1) is 5.92 Å². The van der Waals surface area contributed by atoms with Gasteiger partial charge in [-0.05, 0) is 31.4 Å². The van der Waals surface area contributed by atoms with Crippen LogP contribution in [0.15, 0.2) is 30.5 Å². The number of hydrogen-bond donors (Lipinski definition) is 1. The highest BCUT2D eigenvalue weighted by molar-refractivity contribution is 6.30. The topological polar surface area (TPSA) is 42.0 Å². The molecule has 1 N–H and O–H groups in total. The van der Waals surface area contributed by atoms with E-state index in [1.807, 2.05) is 0 Å². The van der Waals surface area contributed by atoms with E-state index in [2.05, 4.69) is 22.5 Å². The predicted octanol–water partition coefficient (Wildman–Crippen LogP) is 3.03. The quantitative estimate of drug-likeness (QED) is 0.802. The molecular formula is C12H13ClN2O. The maximum absolute atomic E-state index is 11.9. The second-order valence-electron chi connectivity index (χ2n) is 3.83. The number of amides is 1. The third-order valence-corrected chi connectivity index (χ3v) is 2.85. The molecule has 0 fully saturated rings. The number of allylic oxidation sites excluding steroid dienone is 2. The fraction of sp³-hybridized carbons (Fsp3) is 0.333. The Hall–Kier alpha value is -1.35. The number of pyridine rings is 1. The summed E-state index contributed by atoms with van der Waals surface area (Å²) in [4.78, 5) is 15.9. The Bertz CT molecular complexity index is 417. The standard InChI is InChI=1S/C12H13ClN2O/c13-10-6-7-14-11(8-10)15-12(16)9-4-2-1-3-5-9/h1-2,6-9H,3-5H2,(H,14,15,16). The number of carbonyl (C=O) groups excluding carboxylic acids is 1. The zero-order chi connectivity index (χ0) is 11.4. The predicted molar refractivity (Wildman–Crippen MR) is 64.4 cm³/mol. The Morgan fingerprint density at radius 2 is 2.38 bits per heavy atom. The van der Waals surface area contributed by atoms with Crippen LogP contribution in [0.1, 0.15) is 19.3 Å². The molecule has 3 nitrogen and oxygen atoms in total. The lowest BCUT2D eigenvalue weighted by Gasteiger charge is -2.16. The number of carbonyl (C=O) groups is 1. The first kappa shape index (κ1) is 11.1. The summed E-state index contributed by atoms with van der Waals surface area (Å²) in [7, 11) is 0. The lowest BCUT2D eigenvalue weighted by Crippen LogP contribution is -2.23. The van der Waals surface area contributed by atoms with Gasteiger partial charge in [0.2, 0.25) is 5.91 Å². The molecule has 1 amide bonds. The van der Waals surface area contributed by atoms with Crippen LogP contribution in [-0.2, 0) is 4.79 Å². The summed E-state index contributed by atoms with van der Waals surface area (Å²) in [5.74, 6) is 0.608. The summed E-state index contributed by atoms with van der Waals surface area (Å²) in [6, 6.07) is 3.33. The van der Waals surface area contributed by atoms with E-state index in [1.54, 1.807) is 18.3 Å². The first-order valence-corrected chi connectivity index (χ1v) is 5.71. The van der Waals surface area contributed by atoms with Gasteiger partial charge in [-0.15, -0.1) is 0 Å². The minimum atomic E-state index is 0.0270. The number of anilines is 1. The van der Waals surface area contributed by atoms with Crippen molar-refractivity contribution in [2.24, 2.45) is 5.92 Å².